The molecule has 1 aromatic heterocycles. The van der Waals surface area contributed by atoms with Crippen molar-refractivity contribution in [3.05, 3.63) is 46.6 Å². The number of hydrogen-bond acceptors (Lipinski definition) is 3. The Morgan fingerprint density at radius 3 is 2.89 bits per heavy atom. The second-order valence-electron chi connectivity index (χ2n) is 4.78. The van der Waals surface area contributed by atoms with Crippen molar-refractivity contribution in [1.29, 1.82) is 0 Å². The van der Waals surface area contributed by atoms with Gasteiger partial charge in [0.2, 0.25) is 0 Å². The highest BCUT2D eigenvalue weighted by Gasteiger charge is 2.18. The summed E-state index contributed by atoms with van der Waals surface area (Å²) in [5.41, 5.74) is 3.96. The number of hydrogen-bond donors (Lipinski definition) is 3. The number of amides is 1. The normalized spacial score (nSPS) is 13.9. The lowest BCUT2D eigenvalue weighted by Crippen LogP contribution is -2.24. The topological polar surface area (TPSA) is 69.8 Å². The molecule has 1 amide bonds. The summed E-state index contributed by atoms with van der Waals surface area (Å²) in [7, 11) is 0. The van der Waals surface area contributed by atoms with Crippen molar-refractivity contribution in [2.24, 2.45) is 0 Å². The second-order valence-corrected chi connectivity index (χ2v) is 4.78. The van der Waals surface area contributed by atoms with Crippen molar-refractivity contribution in [3.63, 3.8) is 0 Å². The van der Waals surface area contributed by atoms with E-state index in [0.717, 1.165) is 36.3 Å². The molecular weight excluding hydrogens is 240 g/mol. The van der Waals surface area contributed by atoms with Crippen LogP contribution in [0, 0.1) is 6.92 Å². The SMILES string of the molecule is Cc1ccc(C(=O)Nc2n[nH]c3c2CCNC3)cc1. The number of H-pyrrole nitrogens is 1. The molecule has 0 atom stereocenters. The predicted octanol–water partition coefficient (Wildman–Crippen LogP) is 1.62. The van der Waals surface area contributed by atoms with E-state index in [1.54, 1.807) is 0 Å². The van der Waals surface area contributed by atoms with Crippen LogP contribution >= 0.6 is 0 Å². The molecule has 19 heavy (non-hydrogen) atoms. The summed E-state index contributed by atoms with van der Waals surface area (Å²) in [6, 6.07) is 7.51. The van der Waals surface area contributed by atoms with Crippen LogP contribution in [-0.4, -0.2) is 22.6 Å². The summed E-state index contributed by atoms with van der Waals surface area (Å²) in [4.78, 5) is 12.1. The van der Waals surface area contributed by atoms with Crippen LogP contribution in [0.3, 0.4) is 0 Å². The van der Waals surface area contributed by atoms with Crippen LogP contribution in [0.1, 0.15) is 27.2 Å². The summed E-state index contributed by atoms with van der Waals surface area (Å²) in [6.07, 6.45) is 0.884. The number of aryl methyl sites for hydroxylation is 1. The third-order valence-electron chi connectivity index (χ3n) is 3.35. The Labute approximate surface area is 111 Å². The van der Waals surface area contributed by atoms with Gasteiger partial charge in [0.25, 0.3) is 5.91 Å². The van der Waals surface area contributed by atoms with Crippen molar-refractivity contribution in [1.82, 2.24) is 15.5 Å². The molecule has 0 aliphatic carbocycles. The number of rotatable bonds is 2. The van der Waals surface area contributed by atoms with Gasteiger partial charge in [0.05, 0.1) is 5.69 Å². The highest BCUT2D eigenvalue weighted by molar-refractivity contribution is 6.04. The van der Waals surface area contributed by atoms with E-state index in [4.69, 9.17) is 0 Å². The average molecular weight is 256 g/mol. The van der Waals surface area contributed by atoms with E-state index in [1.165, 1.54) is 0 Å². The summed E-state index contributed by atoms with van der Waals surface area (Å²) < 4.78 is 0. The van der Waals surface area contributed by atoms with Gasteiger partial charge in [-0.15, -0.1) is 0 Å². The average Bonchev–Trinajstić information content (AvgIpc) is 2.83. The molecule has 0 saturated carbocycles. The van der Waals surface area contributed by atoms with E-state index < -0.39 is 0 Å². The Morgan fingerprint density at radius 2 is 2.11 bits per heavy atom. The molecular formula is C14H16N4O. The van der Waals surface area contributed by atoms with Crippen LogP contribution in [0.5, 0.6) is 0 Å². The van der Waals surface area contributed by atoms with Crippen molar-refractivity contribution >= 4 is 11.7 Å². The predicted molar refractivity (Wildman–Crippen MR) is 73.1 cm³/mol. The van der Waals surface area contributed by atoms with Crippen LogP contribution in [0.15, 0.2) is 24.3 Å². The van der Waals surface area contributed by atoms with E-state index in [9.17, 15) is 4.79 Å². The first-order valence-corrected chi connectivity index (χ1v) is 6.39. The number of carbonyl (C=O) groups is 1. The van der Waals surface area contributed by atoms with Crippen LogP contribution in [0.25, 0.3) is 0 Å². The zero-order chi connectivity index (χ0) is 13.2. The zero-order valence-electron chi connectivity index (χ0n) is 10.8. The molecule has 3 N–H and O–H groups in total. The number of fused-ring (bicyclic) bond motifs is 1. The van der Waals surface area contributed by atoms with E-state index in [1.807, 2.05) is 31.2 Å². The van der Waals surface area contributed by atoms with Gasteiger partial charge in [0, 0.05) is 17.7 Å². The quantitative estimate of drug-likeness (QED) is 0.764. The number of carbonyl (C=O) groups excluding carboxylic acids is 1. The summed E-state index contributed by atoms with van der Waals surface area (Å²) in [6.45, 7) is 3.70. The monoisotopic (exact) mass is 256 g/mol. The van der Waals surface area contributed by atoms with Crippen LogP contribution in [-0.2, 0) is 13.0 Å². The lowest BCUT2D eigenvalue weighted by molar-refractivity contribution is 0.102. The maximum absolute atomic E-state index is 12.1. The maximum Gasteiger partial charge on any atom is 0.256 e. The maximum atomic E-state index is 12.1. The highest BCUT2D eigenvalue weighted by Crippen LogP contribution is 2.20. The fourth-order valence-corrected chi connectivity index (χ4v) is 2.23. The van der Waals surface area contributed by atoms with Gasteiger partial charge in [-0.25, -0.2) is 0 Å². The lowest BCUT2D eigenvalue weighted by Gasteiger charge is -2.13. The Morgan fingerprint density at radius 1 is 1.32 bits per heavy atom. The number of aromatic amines is 1. The molecule has 0 fully saturated rings. The van der Waals surface area contributed by atoms with Gasteiger partial charge >= 0.3 is 0 Å². The van der Waals surface area contributed by atoms with Gasteiger partial charge in [-0.05, 0) is 32.0 Å². The van der Waals surface area contributed by atoms with Crippen LogP contribution in [0.4, 0.5) is 5.82 Å². The van der Waals surface area contributed by atoms with Crippen molar-refractivity contribution < 1.29 is 4.79 Å². The second kappa shape index (κ2) is 4.85. The molecule has 98 valence electrons. The largest absolute Gasteiger partial charge is 0.311 e. The zero-order valence-corrected chi connectivity index (χ0v) is 10.8. The van der Waals surface area contributed by atoms with Crippen LogP contribution < -0.4 is 10.6 Å². The third-order valence-corrected chi connectivity index (χ3v) is 3.35. The number of benzene rings is 1. The third kappa shape index (κ3) is 2.37. The van der Waals surface area contributed by atoms with Gasteiger partial charge in [-0.2, -0.15) is 5.10 Å². The Bertz CT molecular complexity index is 600. The standard InChI is InChI=1S/C14H16N4O/c1-9-2-4-10(5-3-9)14(19)16-13-11-6-7-15-8-12(11)17-18-13/h2-5,15H,6-8H2,1H3,(H2,16,17,18,19). The first kappa shape index (κ1) is 11.9. The minimum absolute atomic E-state index is 0.118. The number of nitrogens with zero attached hydrogens (tertiary/aromatic N) is 1. The van der Waals surface area contributed by atoms with Crippen molar-refractivity contribution in [2.75, 3.05) is 11.9 Å². The first-order valence-electron chi connectivity index (χ1n) is 6.39. The Hall–Kier alpha value is -2.14. The summed E-state index contributed by atoms with van der Waals surface area (Å²) in [5, 5.41) is 13.3. The molecule has 0 radical (unpaired) electrons. The minimum atomic E-state index is -0.118. The molecule has 0 bridgehead atoms. The lowest BCUT2D eigenvalue weighted by atomic mass is 10.1. The van der Waals surface area contributed by atoms with Crippen molar-refractivity contribution in [3.8, 4) is 0 Å². The molecule has 2 aromatic rings. The van der Waals surface area contributed by atoms with E-state index >= 15 is 0 Å². The van der Waals surface area contributed by atoms with Gasteiger partial charge in [0.15, 0.2) is 5.82 Å². The number of aromatic nitrogens is 2. The van der Waals surface area contributed by atoms with E-state index in [0.29, 0.717) is 11.4 Å². The number of anilines is 1. The molecule has 5 nitrogen and oxygen atoms in total. The van der Waals surface area contributed by atoms with Crippen LogP contribution in [0.2, 0.25) is 0 Å². The molecule has 1 aliphatic heterocycles. The summed E-state index contributed by atoms with van der Waals surface area (Å²) in [5.74, 6) is 0.537. The van der Waals surface area contributed by atoms with E-state index in [2.05, 4.69) is 20.8 Å². The van der Waals surface area contributed by atoms with Gasteiger partial charge in [0.1, 0.15) is 0 Å². The number of nitrogens with one attached hydrogen (secondary N) is 3. The van der Waals surface area contributed by atoms with Gasteiger partial charge in [-0.3, -0.25) is 9.89 Å². The fraction of sp³-hybridized carbons (Fsp3) is 0.286. The molecule has 2 heterocycles. The molecule has 1 aromatic carbocycles. The molecule has 0 spiro atoms. The van der Waals surface area contributed by atoms with Gasteiger partial charge in [-0.1, -0.05) is 17.7 Å². The smallest absolute Gasteiger partial charge is 0.256 e. The molecule has 5 heteroatoms. The Balaban J connectivity index is 1.79. The van der Waals surface area contributed by atoms with Gasteiger partial charge < -0.3 is 10.6 Å². The van der Waals surface area contributed by atoms with Crippen molar-refractivity contribution in [2.45, 2.75) is 19.9 Å². The fourth-order valence-electron chi connectivity index (χ4n) is 2.23. The molecule has 0 saturated heterocycles. The first-order chi connectivity index (χ1) is 9.24. The van der Waals surface area contributed by atoms with E-state index in [-0.39, 0.29) is 5.91 Å². The molecule has 0 unspecified atom stereocenters. The summed E-state index contributed by atoms with van der Waals surface area (Å²) >= 11 is 0. The minimum Gasteiger partial charge on any atom is -0.311 e. The highest BCUT2D eigenvalue weighted by atomic mass is 16.1. The Kier molecular flexibility index (Phi) is 3.05. The molecule has 1 aliphatic rings. The molecule has 3 rings (SSSR count).